The molecule has 0 aliphatic carbocycles. The van der Waals surface area contributed by atoms with E-state index in [-0.39, 0.29) is 16.3 Å². The summed E-state index contributed by atoms with van der Waals surface area (Å²) in [5.74, 6) is -1.39. The van der Waals surface area contributed by atoms with Crippen LogP contribution >= 0.6 is 0 Å². The third kappa shape index (κ3) is 6.16. The first kappa shape index (κ1) is 24.8. The number of hydrogen-bond donors (Lipinski definition) is 3. The van der Waals surface area contributed by atoms with Gasteiger partial charge in [0.15, 0.2) is 0 Å². The lowest BCUT2D eigenvalue weighted by Gasteiger charge is -2.15. The summed E-state index contributed by atoms with van der Waals surface area (Å²) in [7, 11) is -3.95. The number of nitrogens with one attached hydrogen (secondary N) is 1. The summed E-state index contributed by atoms with van der Waals surface area (Å²) in [6.07, 6.45) is -1.88. The van der Waals surface area contributed by atoms with Gasteiger partial charge < -0.3 is 20.9 Å². The van der Waals surface area contributed by atoms with E-state index in [0.29, 0.717) is 23.6 Å². The Labute approximate surface area is 196 Å². The van der Waals surface area contributed by atoms with Gasteiger partial charge in [-0.15, -0.1) is 0 Å². The molecule has 0 saturated carbocycles. The van der Waals surface area contributed by atoms with Crippen molar-refractivity contribution >= 4 is 27.8 Å². The normalized spacial score (nSPS) is 12.1. The summed E-state index contributed by atoms with van der Waals surface area (Å²) in [5.41, 5.74) is 12.2. The number of sulfonamides is 1. The molecular formula is C23H24N4O6S. The number of nitrogens with zero attached hydrogens (tertiary/aromatic N) is 1. The van der Waals surface area contributed by atoms with Crippen molar-refractivity contribution in [1.29, 1.82) is 0 Å². The molecule has 0 spiro atoms. The quantitative estimate of drug-likeness (QED) is 0.234. The van der Waals surface area contributed by atoms with E-state index in [9.17, 15) is 18.0 Å². The molecule has 0 radical (unpaired) electrons. The van der Waals surface area contributed by atoms with Crippen LogP contribution in [0.3, 0.4) is 0 Å². The number of rotatable bonds is 9. The van der Waals surface area contributed by atoms with Gasteiger partial charge in [-0.1, -0.05) is 30.3 Å². The standard InChI is InChI=1S/C23H24N4O6S/c1-2-32-18-12-6-10-16(22(18)17-11-7-13-19(24)26-17)23(29)33-21(28)14-20(25)27-34(30,31)15-8-4-3-5-9-15/h3-13,20,27H,2,14,25H2,1H3,(H2,24,26)/t20-/m0/s1. The predicted molar refractivity (Wildman–Crippen MR) is 125 cm³/mol. The van der Waals surface area contributed by atoms with Gasteiger partial charge in [-0.3, -0.25) is 4.79 Å². The summed E-state index contributed by atoms with van der Waals surface area (Å²) in [6.45, 7) is 2.10. The zero-order valence-corrected chi connectivity index (χ0v) is 19.1. The number of anilines is 1. The first-order valence-corrected chi connectivity index (χ1v) is 11.8. The van der Waals surface area contributed by atoms with Gasteiger partial charge in [0.25, 0.3) is 0 Å². The number of carbonyl (C=O) groups excluding carboxylic acids is 2. The molecule has 1 atom stereocenters. The Bertz CT molecular complexity index is 1280. The number of benzene rings is 2. The minimum atomic E-state index is -3.95. The summed E-state index contributed by atoms with van der Waals surface area (Å²) >= 11 is 0. The molecule has 11 heteroatoms. The summed E-state index contributed by atoms with van der Waals surface area (Å²) in [5, 5.41) is 0. The second-order valence-corrected chi connectivity index (χ2v) is 8.78. The monoisotopic (exact) mass is 484 g/mol. The van der Waals surface area contributed by atoms with Crippen molar-refractivity contribution in [2.45, 2.75) is 24.4 Å². The Kier molecular flexibility index (Phi) is 7.95. The van der Waals surface area contributed by atoms with Crippen LogP contribution in [-0.2, 0) is 19.6 Å². The van der Waals surface area contributed by atoms with Gasteiger partial charge in [0, 0.05) is 0 Å². The van der Waals surface area contributed by atoms with Crippen LogP contribution in [0.25, 0.3) is 11.3 Å². The fourth-order valence-electron chi connectivity index (χ4n) is 3.12. The third-order valence-electron chi connectivity index (χ3n) is 4.53. The minimum absolute atomic E-state index is 0.0121. The molecule has 0 fully saturated rings. The van der Waals surface area contributed by atoms with Crippen LogP contribution < -0.4 is 20.9 Å². The van der Waals surface area contributed by atoms with Crippen molar-refractivity contribution in [2.75, 3.05) is 12.3 Å². The molecule has 2 aromatic carbocycles. The van der Waals surface area contributed by atoms with E-state index in [2.05, 4.69) is 9.71 Å². The van der Waals surface area contributed by atoms with Gasteiger partial charge in [-0.25, -0.2) is 18.2 Å². The van der Waals surface area contributed by atoms with Crippen molar-refractivity contribution in [3.05, 3.63) is 72.3 Å². The molecule has 10 nitrogen and oxygen atoms in total. The number of carbonyl (C=O) groups is 2. The Morgan fingerprint density at radius 1 is 1.03 bits per heavy atom. The van der Waals surface area contributed by atoms with Crippen molar-refractivity contribution in [2.24, 2.45) is 5.73 Å². The molecule has 0 amide bonds. The van der Waals surface area contributed by atoms with Crippen LogP contribution in [0, 0.1) is 0 Å². The Hall–Kier alpha value is -3.80. The lowest BCUT2D eigenvalue weighted by Crippen LogP contribution is -2.43. The van der Waals surface area contributed by atoms with Crippen LogP contribution in [0.2, 0.25) is 0 Å². The summed E-state index contributed by atoms with van der Waals surface area (Å²) < 4.78 is 37.5. The lowest BCUT2D eigenvalue weighted by molar-refractivity contribution is -0.138. The first-order valence-electron chi connectivity index (χ1n) is 10.3. The lowest BCUT2D eigenvalue weighted by atomic mass is 10.0. The average molecular weight is 485 g/mol. The molecule has 3 rings (SSSR count). The van der Waals surface area contributed by atoms with E-state index in [1.54, 1.807) is 55.5 Å². The molecule has 0 unspecified atom stereocenters. The highest BCUT2D eigenvalue weighted by atomic mass is 32.2. The van der Waals surface area contributed by atoms with Crippen LogP contribution in [0.4, 0.5) is 5.82 Å². The molecule has 0 saturated heterocycles. The van der Waals surface area contributed by atoms with E-state index in [4.69, 9.17) is 20.9 Å². The van der Waals surface area contributed by atoms with Gasteiger partial charge in [0.1, 0.15) is 11.6 Å². The second-order valence-electron chi connectivity index (χ2n) is 7.07. The van der Waals surface area contributed by atoms with E-state index < -0.39 is 34.5 Å². The van der Waals surface area contributed by atoms with Crippen molar-refractivity contribution in [1.82, 2.24) is 9.71 Å². The zero-order chi connectivity index (χ0) is 24.7. The maximum absolute atomic E-state index is 12.8. The SMILES string of the molecule is CCOc1cccc(C(=O)OC(=O)C[C@@H](N)NS(=O)(=O)c2ccccc2)c1-c1cccc(N)n1. The molecule has 0 aliphatic heterocycles. The van der Waals surface area contributed by atoms with Crippen molar-refractivity contribution in [3.8, 4) is 17.0 Å². The van der Waals surface area contributed by atoms with Crippen molar-refractivity contribution < 1.29 is 27.5 Å². The fraction of sp³-hybridized carbons (Fsp3) is 0.174. The number of aromatic nitrogens is 1. The predicted octanol–water partition coefficient (Wildman–Crippen LogP) is 2.07. The molecule has 3 aromatic rings. The molecule has 1 aromatic heterocycles. The van der Waals surface area contributed by atoms with Gasteiger partial charge in [0.2, 0.25) is 10.0 Å². The highest BCUT2D eigenvalue weighted by molar-refractivity contribution is 7.89. The van der Waals surface area contributed by atoms with Crippen LogP contribution in [0.1, 0.15) is 23.7 Å². The fourth-order valence-corrected chi connectivity index (χ4v) is 4.25. The molecule has 1 heterocycles. The Balaban J connectivity index is 1.76. The maximum Gasteiger partial charge on any atom is 0.346 e. The van der Waals surface area contributed by atoms with E-state index >= 15 is 0 Å². The van der Waals surface area contributed by atoms with E-state index in [0.717, 1.165) is 0 Å². The van der Waals surface area contributed by atoms with Gasteiger partial charge in [0.05, 0.1) is 40.9 Å². The molecule has 34 heavy (non-hydrogen) atoms. The minimum Gasteiger partial charge on any atom is -0.493 e. The van der Waals surface area contributed by atoms with Crippen molar-refractivity contribution in [3.63, 3.8) is 0 Å². The maximum atomic E-state index is 12.8. The van der Waals surface area contributed by atoms with Gasteiger partial charge >= 0.3 is 11.9 Å². The number of pyridine rings is 1. The topological polar surface area (TPSA) is 164 Å². The van der Waals surface area contributed by atoms with E-state index in [1.165, 1.54) is 18.2 Å². The summed E-state index contributed by atoms with van der Waals surface area (Å²) in [6, 6.07) is 17.1. The number of nitrogen functional groups attached to an aromatic ring is 1. The Morgan fingerprint density at radius 2 is 1.74 bits per heavy atom. The highest BCUT2D eigenvalue weighted by Crippen LogP contribution is 2.33. The molecule has 0 bridgehead atoms. The van der Waals surface area contributed by atoms with Gasteiger partial charge in [-0.05, 0) is 43.3 Å². The van der Waals surface area contributed by atoms with Crippen LogP contribution in [0.5, 0.6) is 5.75 Å². The first-order chi connectivity index (χ1) is 16.2. The number of nitrogens with two attached hydrogens (primary N) is 2. The largest absolute Gasteiger partial charge is 0.493 e. The van der Waals surface area contributed by atoms with Gasteiger partial charge in [-0.2, -0.15) is 4.72 Å². The average Bonchev–Trinajstić information content (AvgIpc) is 2.79. The molecule has 5 N–H and O–H groups in total. The molecular weight excluding hydrogens is 460 g/mol. The third-order valence-corrected chi connectivity index (χ3v) is 6.03. The number of ether oxygens (including phenoxy) is 2. The smallest absolute Gasteiger partial charge is 0.346 e. The van der Waals surface area contributed by atoms with E-state index in [1.807, 2.05) is 0 Å². The zero-order valence-electron chi connectivity index (χ0n) is 18.3. The molecule has 178 valence electrons. The van der Waals surface area contributed by atoms with Crippen LogP contribution in [-0.4, -0.2) is 38.1 Å². The number of hydrogen-bond acceptors (Lipinski definition) is 9. The Morgan fingerprint density at radius 3 is 2.41 bits per heavy atom. The second kappa shape index (κ2) is 10.9. The highest BCUT2D eigenvalue weighted by Gasteiger charge is 2.25. The van der Waals surface area contributed by atoms with Crippen LogP contribution in [0.15, 0.2) is 71.6 Å². The summed E-state index contributed by atoms with van der Waals surface area (Å²) in [4.78, 5) is 29.4. The molecule has 0 aliphatic rings. The number of esters is 2.